The summed E-state index contributed by atoms with van der Waals surface area (Å²) in [5.41, 5.74) is 0.0457. The fourth-order valence-electron chi connectivity index (χ4n) is 3.83. The molecule has 0 saturated carbocycles. The van der Waals surface area contributed by atoms with Crippen LogP contribution in [-0.2, 0) is 11.3 Å². The quantitative estimate of drug-likeness (QED) is 0.531. The number of rotatable bonds is 7. The van der Waals surface area contributed by atoms with Gasteiger partial charge in [0.25, 0.3) is 0 Å². The molecule has 0 aromatic heterocycles. The zero-order valence-electron chi connectivity index (χ0n) is 16.7. The highest BCUT2D eigenvalue weighted by molar-refractivity contribution is 5.80. The van der Waals surface area contributed by atoms with Gasteiger partial charge in [-0.2, -0.15) is 8.78 Å². The Morgan fingerprint density at radius 1 is 1.31 bits per heavy atom. The van der Waals surface area contributed by atoms with Gasteiger partial charge in [0, 0.05) is 51.4 Å². The van der Waals surface area contributed by atoms with Gasteiger partial charge in [-0.05, 0) is 37.3 Å². The lowest BCUT2D eigenvalue weighted by molar-refractivity contribution is -0.0506. The van der Waals surface area contributed by atoms with Crippen molar-refractivity contribution in [2.24, 2.45) is 10.9 Å². The van der Waals surface area contributed by atoms with Crippen LogP contribution in [0.4, 0.5) is 13.2 Å². The Morgan fingerprint density at radius 3 is 2.76 bits per heavy atom. The van der Waals surface area contributed by atoms with E-state index in [0.29, 0.717) is 11.9 Å². The molecule has 0 radical (unpaired) electrons. The van der Waals surface area contributed by atoms with E-state index in [-0.39, 0.29) is 23.9 Å². The number of benzene rings is 1. The summed E-state index contributed by atoms with van der Waals surface area (Å²) in [5, 5.41) is 6.35. The van der Waals surface area contributed by atoms with E-state index < -0.39 is 12.4 Å². The normalized spacial score (nSPS) is 21.6. The van der Waals surface area contributed by atoms with Crippen molar-refractivity contribution in [2.45, 2.75) is 38.5 Å². The lowest BCUT2D eigenvalue weighted by atomic mass is 10.0. The number of aliphatic imine (C=N–C) groups is 1. The number of hydrogen-bond donors (Lipinski definition) is 2. The molecule has 1 atom stereocenters. The Kier molecular flexibility index (Phi) is 8.00. The van der Waals surface area contributed by atoms with Gasteiger partial charge in [0.05, 0.1) is 6.61 Å². The van der Waals surface area contributed by atoms with Crippen molar-refractivity contribution in [3.8, 4) is 5.75 Å². The average molecular weight is 414 g/mol. The van der Waals surface area contributed by atoms with Crippen LogP contribution in [0, 0.1) is 11.7 Å². The molecule has 2 fully saturated rings. The minimum atomic E-state index is -3.01. The first kappa shape index (κ1) is 21.7. The standard InChI is InChI=1S/C20H29F3N4O2/c1-24-20(25-11-16-17(21)3-2-4-18(16)29-19(22)23)26-15-5-8-27(9-6-15)12-14-7-10-28-13-14/h2-4,14-15,19H,5-13H2,1H3,(H2,24,25,26). The largest absolute Gasteiger partial charge is 0.434 e. The summed E-state index contributed by atoms with van der Waals surface area (Å²) >= 11 is 0. The van der Waals surface area contributed by atoms with Crippen LogP contribution in [-0.4, -0.2) is 63.4 Å². The van der Waals surface area contributed by atoms with Crippen LogP contribution in [0.15, 0.2) is 23.2 Å². The number of guanidine groups is 1. The molecule has 2 heterocycles. The maximum absolute atomic E-state index is 14.1. The summed E-state index contributed by atoms with van der Waals surface area (Å²) in [7, 11) is 1.63. The van der Waals surface area contributed by atoms with Gasteiger partial charge in [-0.1, -0.05) is 6.07 Å². The molecule has 0 bridgehead atoms. The summed E-state index contributed by atoms with van der Waals surface area (Å²) < 4.78 is 49.1. The molecule has 6 nitrogen and oxygen atoms in total. The van der Waals surface area contributed by atoms with Crippen molar-refractivity contribution in [3.05, 3.63) is 29.6 Å². The van der Waals surface area contributed by atoms with Crippen molar-refractivity contribution in [1.82, 2.24) is 15.5 Å². The smallest absolute Gasteiger partial charge is 0.387 e. The van der Waals surface area contributed by atoms with Crippen molar-refractivity contribution < 1.29 is 22.6 Å². The molecule has 2 aliphatic heterocycles. The van der Waals surface area contributed by atoms with Gasteiger partial charge in [-0.3, -0.25) is 4.99 Å². The maximum atomic E-state index is 14.1. The van der Waals surface area contributed by atoms with E-state index in [2.05, 4.69) is 25.3 Å². The number of alkyl halides is 2. The summed E-state index contributed by atoms with van der Waals surface area (Å²) in [6.45, 7) is 1.82. The number of piperidine rings is 1. The van der Waals surface area contributed by atoms with E-state index >= 15 is 0 Å². The Labute approximate surface area is 169 Å². The second-order valence-corrected chi connectivity index (χ2v) is 7.47. The second kappa shape index (κ2) is 10.7. The molecule has 3 rings (SSSR count). The predicted octanol–water partition coefficient (Wildman–Crippen LogP) is 2.59. The van der Waals surface area contributed by atoms with Crippen molar-refractivity contribution in [2.75, 3.05) is 39.9 Å². The Balaban J connectivity index is 1.47. The first-order valence-corrected chi connectivity index (χ1v) is 10.0. The van der Waals surface area contributed by atoms with Gasteiger partial charge in [0.2, 0.25) is 0 Å². The van der Waals surface area contributed by atoms with Crippen LogP contribution in [0.2, 0.25) is 0 Å². The van der Waals surface area contributed by atoms with Crippen LogP contribution < -0.4 is 15.4 Å². The molecule has 0 spiro atoms. The molecular formula is C20H29F3N4O2. The molecule has 1 unspecified atom stereocenters. The van der Waals surface area contributed by atoms with E-state index in [4.69, 9.17) is 4.74 Å². The molecule has 29 heavy (non-hydrogen) atoms. The number of ether oxygens (including phenoxy) is 2. The summed E-state index contributed by atoms with van der Waals surface area (Å²) in [6.07, 6.45) is 3.10. The number of nitrogens with zero attached hydrogens (tertiary/aromatic N) is 2. The Bertz CT molecular complexity index is 676. The molecule has 2 N–H and O–H groups in total. The summed E-state index contributed by atoms with van der Waals surface area (Å²) in [4.78, 5) is 6.65. The van der Waals surface area contributed by atoms with Gasteiger partial charge in [-0.15, -0.1) is 0 Å². The fraction of sp³-hybridized carbons (Fsp3) is 0.650. The van der Waals surface area contributed by atoms with Crippen LogP contribution in [0.5, 0.6) is 5.75 Å². The third-order valence-corrected chi connectivity index (χ3v) is 5.42. The molecule has 0 aliphatic carbocycles. The molecule has 0 amide bonds. The van der Waals surface area contributed by atoms with Crippen molar-refractivity contribution >= 4 is 5.96 Å². The topological polar surface area (TPSA) is 58.1 Å². The molecule has 162 valence electrons. The van der Waals surface area contributed by atoms with E-state index in [9.17, 15) is 13.2 Å². The number of likely N-dealkylation sites (tertiary alicyclic amines) is 1. The second-order valence-electron chi connectivity index (χ2n) is 7.47. The van der Waals surface area contributed by atoms with Crippen LogP contribution in [0.1, 0.15) is 24.8 Å². The van der Waals surface area contributed by atoms with E-state index in [1.807, 2.05) is 0 Å². The van der Waals surface area contributed by atoms with E-state index in [1.165, 1.54) is 18.2 Å². The van der Waals surface area contributed by atoms with Crippen LogP contribution >= 0.6 is 0 Å². The predicted molar refractivity (Wildman–Crippen MR) is 105 cm³/mol. The van der Waals surface area contributed by atoms with Crippen LogP contribution in [0.3, 0.4) is 0 Å². The SMILES string of the molecule is CN=C(NCc1c(F)cccc1OC(F)F)NC1CCN(CC2CCOC2)CC1. The lowest BCUT2D eigenvalue weighted by Crippen LogP contribution is -2.49. The third kappa shape index (κ3) is 6.50. The van der Waals surface area contributed by atoms with Gasteiger partial charge in [0.15, 0.2) is 5.96 Å². The summed E-state index contributed by atoms with van der Waals surface area (Å²) in [5.74, 6) is 0.376. The molecule has 1 aromatic carbocycles. The molecule has 9 heteroatoms. The highest BCUT2D eigenvalue weighted by Gasteiger charge is 2.24. The molecule has 1 aromatic rings. The number of hydrogen-bond acceptors (Lipinski definition) is 4. The van der Waals surface area contributed by atoms with Crippen molar-refractivity contribution in [3.63, 3.8) is 0 Å². The number of halogens is 3. The first-order valence-electron chi connectivity index (χ1n) is 10.0. The van der Waals surface area contributed by atoms with Gasteiger partial charge in [0.1, 0.15) is 11.6 Å². The molecular weight excluding hydrogens is 385 g/mol. The highest BCUT2D eigenvalue weighted by atomic mass is 19.3. The van der Waals surface area contributed by atoms with E-state index in [1.54, 1.807) is 7.05 Å². The monoisotopic (exact) mass is 414 g/mol. The third-order valence-electron chi connectivity index (χ3n) is 5.42. The van der Waals surface area contributed by atoms with Gasteiger partial charge >= 0.3 is 6.61 Å². The maximum Gasteiger partial charge on any atom is 0.387 e. The Morgan fingerprint density at radius 2 is 2.10 bits per heavy atom. The zero-order chi connectivity index (χ0) is 20.6. The Hall–Kier alpha value is -2.00. The van der Waals surface area contributed by atoms with Crippen molar-refractivity contribution in [1.29, 1.82) is 0 Å². The van der Waals surface area contributed by atoms with Crippen LogP contribution in [0.25, 0.3) is 0 Å². The fourth-order valence-corrected chi connectivity index (χ4v) is 3.83. The average Bonchev–Trinajstić information content (AvgIpc) is 3.20. The van der Waals surface area contributed by atoms with Gasteiger partial charge < -0.3 is 25.0 Å². The molecule has 2 saturated heterocycles. The zero-order valence-corrected chi connectivity index (χ0v) is 16.7. The van der Waals surface area contributed by atoms with E-state index in [0.717, 1.165) is 52.1 Å². The minimum Gasteiger partial charge on any atom is -0.434 e. The number of nitrogens with one attached hydrogen (secondary N) is 2. The molecule has 2 aliphatic rings. The minimum absolute atomic E-state index is 0.00503. The highest BCUT2D eigenvalue weighted by Crippen LogP contribution is 2.23. The first-order chi connectivity index (χ1) is 14.0. The lowest BCUT2D eigenvalue weighted by Gasteiger charge is -2.34. The van der Waals surface area contributed by atoms with Gasteiger partial charge in [-0.25, -0.2) is 4.39 Å². The summed E-state index contributed by atoms with van der Waals surface area (Å²) in [6, 6.07) is 4.15.